The van der Waals surface area contributed by atoms with E-state index in [-0.39, 0.29) is 20.8 Å². The van der Waals surface area contributed by atoms with Crippen LogP contribution < -0.4 is 0 Å². The third-order valence-electron chi connectivity index (χ3n) is 4.33. The van der Waals surface area contributed by atoms with E-state index < -0.39 is 46.6 Å². The first kappa shape index (κ1) is 21.1. The third kappa shape index (κ3) is 1.68. The molecule has 0 unspecified atom stereocenters. The van der Waals surface area contributed by atoms with Crippen LogP contribution in [0, 0.1) is 0 Å². The summed E-state index contributed by atoms with van der Waals surface area (Å²) in [5.74, 6) is -25.5. The van der Waals surface area contributed by atoms with Crippen LogP contribution in [0.2, 0.25) is 0 Å². The molecule has 13 heteroatoms. The Hall–Kier alpha value is -0.910. The molecule has 24 heavy (non-hydrogen) atoms. The number of alkyl halides is 13. The molecule has 2 aliphatic carbocycles. The molecule has 0 radical (unpaired) electrons. The second-order valence-corrected chi connectivity index (χ2v) is 5.88. The molecule has 0 aromatic rings. The van der Waals surface area contributed by atoms with Gasteiger partial charge in [-0.1, -0.05) is 0 Å². The fourth-order valence-electron chi connectivity index (χ4n) is 2.14. The molecule has 2 aliphatic rings. The molecular weight excluding hydrogens is 379 g/mol. The maximum absolute atomic E-state index is 12.5. The average Bonchev–Trinajstić information content (AvgIpc) is 2.36. The van der Waals surface area contributed by atoms with Gasteiger partial charge in [-0.3, -0.25) is 0 Å². The van der Waals surface area contributed by atoms with Gasteiger partial charge in [-0.15, -0.1) is 0 Å². The van der Waals surface area contributed by atoms with Crippen LogP contribution in [0.25, 0.3) is 0 Å². The van der Waals surface area contributed by atoms with E-state index in [1.807, 2.05) is 0 Å². The minimum Gasteiger partial charge on any atom is -0.230 e. The molecule has 0 N–H and O–H groups in total. The summed E-state index contributed by atoms with van der Waals surface area (Å²) in [4.78, 5) is 0. The van der Waals surface area contributed by atoms with Crippen molar-refractivity contribution in [2.45, 2.75) is 67.4 Å². The molecule has 144 valence electrons. The molecule has 0 spiro atoms. The maximum Gasteiger partial charge on any atom is 0.379 e. The summed E-state index contributed by atoms with van der Waals surface area (Å²) in [5, 5.41) is 0. The number of hydrogen-bond acceptors (Lipinski definition) is 0. The van der Waals surface area contributed by atoms with Crippen LogP contribution in [-0.2, 0) is 0 Å². The van der Waals surface area contributed by atoms with Crippen LogP contribution >= 0.6 is 0 Å². The minimum absolute atomic E-state index is 0.00563. The normalized spacial score (nSPS) is 42.0. The van der Waals surface area contributed by atoms with Crippen molar-refractivity contribution in [3.05, 3.63) is 0 Å². The summed E-state index contributed by atoms with van der Waals surface area (Å²) < 4.78 is 158. The Bertz CT molecular complexity index is 352. The second-order valence-electron chi connectivity index (χ2n) is 5.88. The van der Waals surface area contributed by atoms with Crippen molar-refractivity contribution in [2.24, 2.45) is 0 Å². The Labute approximate surface area is 126 Å². The number of rotatable bonds is 0. The second kappa shape index (κ2) is 4.43. The fourth-order valence-corrected chi connectivity index (χ4v) is 2.14. The van der Waals surface area contributed by atoms with Crippen molar-refractivity contribution in [3.63, 3.8) is 0 Å². The first-order valence-electron chi connectivity index (χ1n) is 5.96. The Morgan fingerprint density at radius 3 is 0.542 bits per heavy atom. The van der Waals surface area contributed by atoms with Gasteiger partial charge < -0.3 is 0 Å². The number of halogens is 13. The lowest BCUT2D eigenvalue weighted by atomic mass is 9.64. The van der Waals surface area contributed by atoms with Crippen molar-refractivity contribution in [3.8, 4) is 0 Å². The zero-order chi connectivity index (χ0) is 20.0. The van der Waals surface area contributed by atoms with Crippen LogP contribution in [-0.4, -0.2) is 46.6 Å². The lowest BCUT2D eigenvalue weighted by molar-refractivity contribution is -0.468. The standard InChI is InChI=1S/C6H6F6.C5H3F7/c1-3(7)5(9,10)4(2,8)6(3,11)12;1-2(6)3(7,8)5(11,12)4(2,9)10/h1-2H3;1H3. The maximum atomic E-state index is 12.5. The van der Waals surface area contributed by atoms with Gasteiger partial charge in [0.05, 0.1) is 0 Å². The molecule has 0 atom stereocenters. The highest BCUT2D eigenvalue weighted by Crippen LogP contribution is 2.68. The average molecular weight is 388 g/mol. The van der Waals surface area contributed by atoms with Gasteiger partial charge in [0, 0.05) is 0 Å². The number of hydrogen-bond donors (Lipinski definition) is 0. The smallest absolute Gasteiger partial charge is 0.230 e. The predicted octanol–water partition coefficient (Wildman–Crippen LogP) is 5.36. The lowest BCUT2D eigenvalue weighted by Gasteiger charge is -2.55. The van der Waals surface area contributed by atoms with E-state index in [1.165, 1.54) is 0 Å². The molecule has 0 aromatic carbocycles. The molecule has 2 saturated carbocycles. The minimum atomic E-state index is -5.59. The molecule has 2 fully saturated rings. The third-order valence-corrected chi connectivity index (χ3v) is 4.33. The molecule has 2 rings (SSSR count). The lowest BCUT2D eigenvalue weighted by Crippen LogP contribution is -2.83. The van der Waals surface area contributed by atoms with E-state index >= 15 is 0 Å². The van der Waals surface area contributed by atoms with E-state index in [1.54, 1.807) is 0 Å². The summed E-state index contributed by atoms with van der Waals surface area (Å²) in [6.45, 7) is -0.257. The largest absolute Gasteiger partial charge is 0.379 e. The van der Waals surface area contributed by atoms with Crippen LogP contribution in [0.4, 0.5) is 57.1 Å². The molecule has 0 aliphatic heterocycles. The first-order chi connectivity index (χ1) is 10.0. The van der Waals surface area contributed by atoms with Crippen molar-refractivity contribution >= 4 is 0 Å². The van der Waals surface area contributed by atoms with Gasteiger partial charge in [-0.25, -0.2) is 13.2 Å². The Kier molecular flexibility index (Phi) is 3.90. The highest BCUT2D eigenvalue weighted by Gasteiger charge is 2.98. The van der Waals surface area contributed by atoms with E-state index in [4.69, 9.17) is 0 Å². The van der Waals surface area contributed by atoms with Gasteiger partial charge in [0.15, 0.2) is 0 Å². The molecule has 0 bridgehead atoms. The van der Waals surface area contributed by atoms with Gasteiger partial charge >= 0.3 is 29.6 Å². The highest BCUT2D eigenvalue weighted by atomic mass is 19.4. The van der Waals surface area contributed by atoms with E-state index in [0.717, 1.165) is 0 Å². The fraction of sp³-hybridized carbons (Fsp3) is 1.00. The van der Waals surface area contributed by atoms with Crippen molar-refractivity contribution in [1.82, 2.24) is 0 Å². The molecular formula is C11H9F13. The van der Waals surface area contributed by atoms with Crippen molar-refractivity contribution in [2.75, 3.05) is 0 Å². The van der Waals surface area contributed by atoms with Gasteiger partial charge in [0.1, 0.15) is 0 Å². The first-order valence-corrected chi connectivity index (χ1v) is 5.96. The van der Waals surface area contributed by atoms with E-state index in [9.17, 15) is 57.1 Å². The van der Waals surface area contributed by atoms with E-state index in [0.29, 0.717) is 0 Å². The van der Waals surface area contributed by atoms with Crippen molar-refractivity contribution < 1.29 is 57.1 Å². The Morgan fingerprint density at radius 2 is 0.458 bits per heavy atom. The predicted molar refractivity (Wildman–Crippen MR) is 53.3 cm³/mol. The molecule has 0 heterocycles. The van der Waals surface area contributed by atoms with Crippen LogP contribution in [0.1, 0.15) is 20.8 Å². The van der Waals surface area contributed by atoms with Gasteiger partial charge in [-0.2, -0.15) is 43.9 Å². The zero-order valence-electron chi connectivity index (χ0n) is 11.9. The SMILES string of the molecule is CC1(F)C(F)(F)C(C)(F)C1(F)F.CC1(F)C(F)(F)C(F)(F)C1(F)F. The van der Waals surface area contributed by atoms with Gasteiger partial charge in [-0.05, 0) is 20.8 Å². The molecule has 0 nitrogen and oxygen atoms in total. The summed E-state index contributed by atoms with van der Waals surface area (Å²) >= 11 is 0. The summed E-state index contributed by atoms with van der Waals surface area (Å²) in [7, 11) is 0. The summed E-state index contributed by atoms with van der Waals surface area (Å²) in [5.41, 5.74) is -12.7. The monoisotopic (exact) mass is 388 g/mol. The Balaban J connectivity index is 0.000000240. The van der Waals surface area contributed by atoms with E-state index in [2.05, 4.69) is 0 Å². The van der Waals surface area contributed by atoms with Crippen molar-refractivity contribution in [1.29, 1.82) is 0 Å². The Morgan fingerprint density at radius 1 is 0.292 bits per heavy atom. The quantitative estimate of drug-likeness (QED) is 0.490. The topological polar surface area (TPSA) is 0 Å². The van der Waals surface area contributed by atoms with Gasteiger partial charge in [0.2, 0.25) is 17.0 Å². The van der Waals surface area contributed by atoms with Gasteiger partial charge in [0.25, 0.3) is 0 Å². The van der Waals surface area contributed by atoms with Crippen LogP contribution in [0.5, 0.6) is 0 Å². The highest BCUT2D eigenvalue weighted by molar-refractivity contribution is 5.28. The summed E-state index contributed by atoms with van der Waals surface area (Å²) in [6.07, 6.45) is 0. The molecule has 0 aromatic heterocycles. The molecule has 0 saturated heterocycles. The summed E-state index contributed by atoms with van der Waals surface area (Å²) in [6, 6.07) is 0. The molecule has 0 amide bonds. The zero-order valence-corrected chi connectivity index (χ0v) is 11.9. The van der Waals surface area contributed by atoms with Crippen LogP contribution in [0.15, 0.2) is 0 Å². The van der Waals surface area contributed by atoms with Crippen LogP contribution in [0.3, 0.4) is 0 Å².